The molecule has 34 heavy (non-hydrogen) atoms. The van der Waals surface area contributed by atoms with Crippen molar-refractivity contribution in [2.75, 3.05) is 18.6 Å². The fraction of sp³-hybridized carbons (Fsp3) is 0.654. The maximum Gasteiger partial charge on any atom is 0.414 e. The van der Waals surface area contributed by atoms with E-state index < -0.39 is 5.97 Å². The lowest BCUT2D eigenvalue weighted by molar-refractivity contribution is -0.143. The predicted octanol–water partition coefficient (Wildman–Crippen LogP) is 4.87. The number of hydrogen-bond acceptors (Lipinski definition) is 5. The Balaban J connectivity index is 1.57. The lowest BCUT2D eigenvalue weighted by Crippen LogP contribution is -2.42. The summed E-state index contributed by atoms with van der Waals surface area (Å²) in [5, 5.41) is 9.68. The van der Waals surface area contributed by atoms with Crippen LogP contribution in [0.15, 0.2) is 12.1 Å². The first-order chi connectivity index (χ1) is 16.5. The highest BCUT2D eigenvalue weighted by Crippen LogP contribution is 2.41. The number of aliphatic carboxylic acids is 1. The molecule has 4 atom stereocenters. The van der Waals surface area contributed by atoms with E-state index in [0.29, 0.717) is 6.42 Å². The van der Waals surface area contributed by atoms with Gasteiger partial charge in [0.1, 0.15) is 5.82 Å². The highest BCUT2D eigenvalue weighted by molar-refractivity contribution is 5.95. The molecule has 1 saturated heterocycles. The number of ether oxygens (including phenoxy) is 2. The van der Waals surface area contributed by atoms with E-state index in [0.717, 1.165) is 92.5 Å². The number of benzene rings is 1. The van der Waals surface area contributed by atoms with E-state index in [-0.39, 0.29) is 30.2 Å². The maximum atomic E-state index is 12.6. The van der Waals surface area contributed by atoms with Gasteiger partial charge in [0.05, 0.1) is 35.9 Å². The van der Waals surface area contributed by atoms with Crippen LogP contribution in [0.5, 0.6) is 0 Å². The van der Waals surface area contributed by atoms with Crippen molar-refractivity contribution in [3.05, 3.63) is 23.5 Å². The Bertz CT molecular complexity index is 1070. The van der Waals surface area contributed by atoms with Gasteiger partial charge in [-0.15, -0.1) is 0 Å². The monoisotopic (exact) mass is 469 g/mol. The predicted molar refractivity (Wildman–Crippen MR) is 128 cm³/mol. The van der Waals surface area contributed by atoms with Crippen molar-refractivity contribution in [3.63, 3.8) is 0 Å². The Morgan fingerprint density at radius 2 is 2.06 bits per heavy atom. The number of rotatable bonds is 5. The average Bonchev–Trinajstić information content (AvgIpc) is 3.49. The Morgan fingerprint density at radius 1 is 1.21 bits per heavy atom. The third-order valence-corrected chi connectivity index (χ3v) is 7.97. The number of carbonyl (C=O) groups is 2. The van der Waals surface area contributed by atoms with Crippen LogP contribution < -0.4 is 4.90 Å². The van der Waals surface area contributed by atoms with Gasteiger partial charge in [-0.05, 0) is 70.4 Å². The largest absolute Gasteiger partial charge is 0.481 e. The van der Waals surface area contributed by atoms with Gasteiger partial charge >= 0.3 is 12.1 Å². The van der Waals surface area contributed by atoms with E-state index in [1.807, 2.05) is 13.0 Å². The number of amides is 1. The molecule has 8 heteroatoms. The molecule has 0 unspecified atom stereocenters. The van der Waals surface area contributed by atoms with Gasteiger partial charge in [-0.3, -0.25) is 9.69 Å². The second-order valence-corrected chi connectivity index (χ2v) is 10.1. The second-order valence-electron chi connectivity index (χ2n) is 10.1. The van der Waals surface area contributed by atoms with Gasteiger partial charge in [0.25, 0.3) is 0 Å². The number of hydrogen-bond donors (Lipinski definition) is 1. The normalized spacial score (nSPS) is 27.1. The standard InChI is InChI=1S/C26H35N3O5/c1-16-8-10-20-21(28(16)26(32)33-2)11-12-22-24(20)27-23(13-9-19-7-4-14-34-19)29(22)18-6-3-5-17(15-18)25(30)31/h11-12,16-19H,3-10,13-15H2,1-2H3,(H,30,31)/t16-,17+,18+,19+/m0/s1. The zero-order valence-corrected chi connectivity index (χ0v) is 20.2. The quantitative estimate of drug-likeness (QED) is 0.671. The van der Waals surface area contributed by atoms with E-state index in [1.54, 1.807) is 4.90 Å². The molecule has 2 aromatic rings. The SMILES string of the molecule is COC(=O)N1c2ccc3c(nc(CC[C@H]4CCCO4)n3[C@@H]3CCC[C@@H](C(=O)O)C3)c2CC[C@@H]1C. The minimum atomic E-state index is -0.699. The summed E-state index contributed by atoms with van der Waals surface area (Å²) in [4.78, 5) is 31.2. The zero-order chi connectivity index (χ0) is 23.8. The van der Waals surface area contributed by atoms with Crippen molar-refractivity contribution >= 4 is 28.8 Å². The van der Waals surface area contributed by atoms with Crippen molar-refractivity contribution in [2.45, 2.75) is 89.3 Å². The molecule has 1 aliphatic carbocycles. The molecule has 0 spiro atoms. The molecule has 1 aromatic heterocycles. The summed E-state index contributed by atoms with van der Waals surface area (Å²) in [5.41, 5.74) is 3.96. The van der Waals surface area contributed by atoms with Crippen LogP contribution in [0.25, 0.3) is 11.0 Å². The lowest BCUT2D eigenvalue weighted by atomic mass is 9.85. The summed E-state index contributed by atoms with van der Waals surface area (Å²) in [5.74, 6) is 0.00352. The van der Waals surface area contributed by atoms with Crippen LogP contribution in [0.1, 0.15) is 75.7 Å². The molecule has 2 fully saturated rings. The molecule has 0 bridgehead atoms. The number of carboxylic acids is 1. The van der Waals surface area contributed by atoms with E-state index >= 15 is 0 Å². The number of carboxylic acid groups (broad SMARTS) is 1. The first-order valence-corrected chi connectivity index (χ1v) is 12.7. The van der Waals surface area contributed by atoms with Crippen molar-refractivity contribution in [1.82, 2.24) is 9.55 Å². The summed E-state index contributed by atoms with van der Waals surface area (Å²) < 4.78 is 13.3. The van der Waals surface area contributed by atoms with Crippen molar-refractivity contribution in [2.24, 2.45) is 5.92 Å². The Labute approximate surface area is 200 Å². The topological polar surface area (TPSA) is 93.9 Å². The van der Waals surface area contributed by atoms with Crippen LogP contribution in [0.3, 0.4) is 0 Å². The molecular formula is C26H35N3O5. The van der Waals surface area contributed by atoms with Crippen molar-refractivity contribution in [3.8, 4) is 0 Å². The van der Waals surface area contributed by atoms with Crippen LogP contribution in [0.2, 0.25) is 0 Å². The van der Waals surface area contributed by atoms with Crippen LogP contribution in [0, 0.1) is 5.92 Å². The van der Waals surface area contributed by atoms with Crippen molar-refractivity contribution in [1.29, 1.82) is 0 Å². The number of nitrogens with zero attached hydrogens (tertiary/aromatic N) is 3. The van der Waals surface area contributed by atoms with Crippen LogP contribution in [-0.2, 0) is 27.1 Å². The Morgan fingerprint density at radius 3 is 2.79 bits per heavy atom. The molecule has 1 aromatic carbocycles. The zero-order valence-electron chi connectivity index (χ0n) is 20.2. The fourth-order valence-corrected chi connectivity index (χ4v) is 6.19. The van der Waals surface area contributed by atoms with Gasteiger partial charge in [0, 0.05) is 30.7 Å². The molecule has 5 rings (SSSR count). The Hall–Kier alpha value is -2.61. The van der Waals surface area contributed by atoms with Gasteiger partial charge in [-0.2, -0.15) is 0 Å². The molecule has 3 aliphatic rings. The molecule has 1 saturated carbocycles. The number of carbonyl (C=O) groups excluding carboxylic acids is 1. The molecule has 8 nitrogen and oxygen atoms in total. The molecule has 2 aliphatic heterocycles. The summed E-state index contributed by atoms with van der Waals surface area (Å²) >= 11 is 0. The van der Waals surface area contributed by atoms with Gasteiger partial charge in [0.2, 0.25) is 0 Å². The first kappa shape index (κ1) is 23.1. The van der Waals surface area contributed by atoms with Crippen LogP contribution >= 0.6 is 0 Å². The highest BCUT2D eigenvalue weighted by Gasteiger charge is 2.34. The average molecular weight is 470 g/mol. The minimum absolute atomic E-state index is 0.0631. The maximum absolute atomic E-state index is 12.6. The molecule has 3 heterocycles. The summed E-state index contributed by atoms with van der Waals surface area (Å²) in [6.07, 6.45) is 8.81. The Kier molecular flexibility index (Phi) is 6.51. The molecule has 1 N–H and O–H groups in total. The number of aromatic nitrogens is 2. The van der Waals surface area contributed by atoms with Gasteiger partial charge in [-0.25, -0.2) is 9.78 Å². The van der Waals surface area contributed by atoms with Crippen molar-refractivity contribution < 1.29 is 24.2 Å². The number of aryl methyl sites for hydroxylation is 2. The van der Waals surface area contributed by atoms with E-state index in [9.17, 15) is 14.7 Å². The number of imidazole rings is 1. The van der Waals surface area contributed by atoms with E-state index in [4.69, 9.17) is 14.5 Å². The third-order valence-electron chi connectivity index (χ3n) is 7.97. The first-order valence-electron chi connectivity index (χ1n) is 12.7. The summed E-state index contributed by atoms with van der Waals surface area (Å²) in [6.45, 7) is 2.88. The van der Waals surface area contributed by atoms with Crippen LogP contribution in [0.4, 0.5) is 10.5 Å². The number of fused-ring (bicyclic) bond motifs is 3. The lowest BCUT2D eigenvalue weighted by Gasteiger charge is -2.34. The van der Waals surface area contributed by atoms with Gasteiger partial charge < -0.3 is 19.1 Å². The summed E-state index contributed by atoms with van der Waals surface area (Å²) in [7, 11) is 1.42. The smallest absolute Gasteiger partial charge is 0.414 e. The highest BCUT2D eigenvalue weighted by atomic mass is 16.5. The minimum Gasteiger partial charge on any atom is -0.481 e. The van der Waals surface area contributed by atoms with Crippen LogP contribution in [-0.4, -0.2) is 52.6 Å². The second kappa shape index (κ2) is 9.56. The van der Waals surface area contributed by atoms with E-state index in [2.05, 4.69) is 10.6 Å². The fourth-order valence-electron chi connectivity index (χ4n) is 6.19. The molecule has 0 radical (unpaired) electrons. The molecule has 184 valence electrons. The van der Waals surface area contributed by atoms with Gasteiger partial charge in [-0.1, -0.05) is 6.42 Å². The number of anilines is 1. The molecular weight excluding hydrogens is 434 g/mol. The van der Waals surface area contributed by atoms with E-state index in [1.165, 1.54) is 7.11 Å². The summed E-state index contributed by atoms with van der Waals surface area (Å²) in [6, 6.07) is 4.27. The number of methoxy groups -OCH3 is 1. The molecule has 1 amide bonds. The van der Waals surface area contributed by atoms with Gasteiger partial charge in [0.15, 0.2) is 0 Å². The third kappa shape index (κ3) is 4.17.